The van der Waals surface area contributed by atoms with Gasteiger partial charge in [0.2, 0.25) is 0 Å². The number of amides is 2. The number of hydrogen-bond donors (Lipinski definition) is 3. The van der Waals surface area contributed by atoms with Crippen LogP contribution in [0.3, 0.4) is 0 Å². The lowest BCUT2D eigenvalue weighted by molar-refractivity contribution is 0.250. The van der Waals surface area contributed by atoms with Crippen molar-refractivity contribution < 1.29 is 4.79 Å². The first-order valence-electron chi connectivity index (χ1n) is 7.61. The average molecular weight is 409 g/mol. The van der Waals surface area contributed by atoms with Gasteiger partial charge in [-0.1, -0.05) is 42.1 Å². The molecular weight excluding hydrogens is 395 g/mol. The number of benzene rings is 1. The van der Waals surface area contributed by atoms with Gasteiger partial charge in [0.05, 0.1) is 21.9 Å². The Bertz CT molecular complexity index is 971. The normalized spacial score (nSPS) is 10.6. The Kier molecular flexibility index (Phi) is 5.65. The first-order valence-corrected chi connectivity index (χ1v) is 8.77. The maximum Gasteiger partial charge on any atom is 0.333 e. The number of thiol groups is 1. The molecule has 0 saturated heterocycles. The summed E-state index contributed by atoms with van der Waals surface area (Å²) in [5.74, 6) is 0.772. The van der Waals surface area contributed by atoms with Crippen molar-refractivity contribution in [3.05, 3.63) is 46.6 Å². The van der Waals surface area contributed by atoms with Crippen LogP contribution in [0.4, 0.5) is 22.1 Å². The van der Waals surface area contributed by atoms with Gasteiger partial charge in [0, 0.05) is 6.54 Å². The van der Waals surface area contributed by atoms with Crippen LogP contribution in [0.5, 0.6) is 0 Å². The number of nitrogens with zero attached hydrogens (tertiary/aromatic N) is 4. The van der Waals surface area contributed by atoms with E-state index in [0.717, 1.165) is 4.31 Å². The Hall–Kier alpha value is -2.29. The zero-order valence-electron chi connectivity index (χ0n) is 13.6. The highest BCUT2D eigenvalue weighted by atomic mass is 35.5. The maximum absolute atomic E-state index is 11.9. The molecule has 2 N–H and O–H groups in total. The highest BCUT2D eigenvalue weighted by Crippen LogP contribution is 2.31. The minimum Gasteiger partial charge on any atom is -0.338 e. The molecular formula is C16H14Cl2N6OS. The molecule has 2 heterocycles. The summed E-state index contributed by atoms with van der Waals surface area (Å²) in [4.78, 5) is 24.9. The number of anilines is 3. The van der Waals surface area contributed by atoms with E-state index in [-0.39, 0.29) is 6.03 Å². The number of carbonyl (C=O) groups excluding carboxylic acids is 1. The quantitative estimate of drug-likeness (QED) is 0.555. The molecule has 2 aromatic heterocycles. The molecule has 0 unspecified atom stereocenters. The second-order valence-corrected chi connectivity index (χ2v) is 6.33. The molecule has 0 saturated carbocycles. The number of hydrogen-bond acceptors (Lipinski definition) is 6. The van der Waals surface area contributed by atoms with E-state index in [0.29, 0.717) is 45.1 Å². The van der Waals surface area contributed by atoms with Crippen LogP contribution in [0.2, 0.25) is 10.0 Å². The fourth-order valence-corrected chi connectivity index (χ4v) is 2.66. The zero-order valence-corrected chi connectivity index (χ0v) is 16.0. The van der Waals surface area contributed by atoms with Gasteiger partial charge in [0.15, 0.2) is 11.5 Å². The third kappa shape index (κ3) is 3.92. The van der Waals surface area contributed by atoms with Gasteiger partial charge in [-0.05, 0) is 31.2 Å². The van der Waals surface area contributed by atoms with Crippen molar-refractivity contribution in [1.29, 1.82) is 0 Å². The SMILES string of the molecule is CCNC(=O)N(S)c1ccc2ncc(Nc3cccc(Cl)c3Cl)nc2n1. The number of halogens is 2. The Morgan fingerprint density at radius 2 is 2.04 bits per heavy atom. The summed E-state index contributed by atoms with van der Waals surface area (Å²) in [5.41, 5.74) is 1.53. The molecule has 0 aliphatic carbocycles. The van der Waals surface area contributed by atoms with E-state index >= 15 is 0 Å². The van der Waals surface area contributed by atoms with Gasteiger partial charge < -0.3 is 10.6 Å². The van der Waals surface area contributed by atoms with Gasteiger partial charge in [-0.25, -0.2) is 24.1 Å². The lowest BCUT2D eigenvalue weighted by Gasteiger charge is -2.15. The molecule has 3 aromatic rings. The molecule has 1 aromatic carbocycles. The summed E-state index contributed by atoms with van der Waals surface area (Å²) in [6.07, 6.45) is 1.56. The highest BCUT2D eigenvalue weighted by Gasteiger charge is 2.14. The maximum atomic E-state index is 11.9. The van der Waals surface area contributed by atoms with Gasteiger partial charge >= 0.3 is 6.03 Å². The average Bonchev–Trinajstić information content (AvgIpc) is 2.64. The monoisotopic (exact) mass is 408 g/mol. The van der Waals surface area contributed by atoms with Gasteiger partial charge in [-0.2, -0.15) is 0 Å². The smallest absolute Gasteiger partial charge is 0.333 e. The lowest BCUT2D eigenvalue weighted by atomic mass is 10.3. The van der Waals surface area contributed by atoms with Crippen molar-refractivity contribution in [2.75, 3.05) is 16.2 Å². The number of fused-ring (bicyclic) bond motifs is 1. The lowest BCUT2D eigenvalue weighted by Crippen LogP contribution is -2.34. The number of aromatic nitrogens is 3. The largest absolute Gasteiger partial charge is 0.338 e. The Labute approximate surface area is 165 Å². The summed E-state index contributed by atoms with van der Waals surface area (Å²) < 4.78 is 1.11. The fourth-order valence-electron chi connectivity index (χ4n) is 2.13. The van der Waals surface area contributed by atoms with Gasteiger partial charge in [0.1, 0.15) is 11.3 Å². The summed E-state index contributed by atoms with van der Waals surface area (Å²) >= 11 is 16.4. The molecule has 2 amide bonds. The van der Waals surface area contributed by atoms with Crippen LogP contribution in [-0.4, -0.2) is 27.5 Å². The molecule has 0 bridgehead atoms. The summed E-state index contributed by atoms with van der Waals surface area (Å²) in [6.45, 7) is 2.30. The number of carbonyl (C=O) groups is 1. The molecule has 0 fully saturated rings. The standard InChI is InChI=1S/C16H14Cl2N6OS/c1-2-19-16(25)24(26)13-7-6-11-15(23-13)22-12(8-20-11)21-10-5-3-4-9(17)14(10)18/h3-8,26H,2H2,1H3,(H,19,25)(H,21,22,23). The van der Waals surface area contributed by atoms with E-state index in [1.165, 1.54) is 0 Å². The first kappa shape index (κ1) is 18.5. The molecule has 7 nitrogen and oxygen atoms in total. The molecule has 0 radical (unpaired) electrons. The van der Waals surface area contributed by atoms with Crippen LogP contribution >= 0.6 is 36.0 Å². The van der Waals surface area contributed by atoms with E-state index in [9.17, 15) is 4.79 Å². The van der Waals surface area contributed by atoms with E-state index in [2.05, 4.69) is 38.4 Å². The van der Waals surface area contributed by atoms with E-state index in [1.54, 1.807) is 36.5 Å². The molecule has 0 aliphatic heterocycles. The van der Waals surface area contributed by atoms with Crippen molar-refractivity contribution in [3.63, 3.8) is 0 Å². The molecule has 26 heavy (non-hydrogen) atoms. The predicted octanol–water partition coefficient (Wildman–Crippen LogP) is 4.46. The van der Waals surface area contributed by atoms with Gasteiger partial charge in [-0.3, -0.25) is 0 Å². The number of pyridine rings is 1. The van der Waals surface area contributed by atoms with Gasteiger partial charge in [0.25, 0.3) is 0 Å². The van der Waals surface area contributed by atoms with Crippen LogP contribution < -0.4 is 14.9 Å². The molecule has 0 aliphatic rings. The summed E-state index contributed by atoms with van der Waals surface area (Å²) in [5, 5.41) is 6.51. The topological polar surface area (TPSA) is 83.0 Å². The van der Waals surface area contributed by atoms with E-state index < -0.39 is 0 Å². The molecule has 0 spiro atoms. The van der Waals surface area contributed by atoms with Crippen molar-refractivity contribution in [2.24, 2.45) is 0 Å². The predicted molar refractivity (Wildman–Crippen MR) is 108 cm³/mol. The van der Waals surface area contributed by atoms with Crippen LogP contribution in [0.25, 0.3) is 11.2 Å². The second-order valence-electron chi connectivity index (χ2n) is 5.14. The molecule has 0 atom stereocenters. The van der Waals surface area contributed by atoms with Crippen molar-refractivity contribution in [1.82, 2.24) is 20.3 Å². The van der Waals surface area contributed by atoms with Crippen molar-refractivity contribution in [2.45, 2.75) is 6.92 Å². The van der Waals surface area contributed by atoms with Crippen molar-refractivity contribution in [3.8, 4) is 0 Å². The Morgan fingerprint density at radius 1 is 1.23 bits per heavy atom. The van der Waals surface area contributed by atoms with Crippen LogP contribution in [-0.2, 0) is 0 Å². The fraction of sp³-hybridized carbons (Fsp3) is 0.125. The van der Waals surface area contributed by atoms with Crippen molar-refractivity contribution >= 4 is 70.5 Å². The van der Waals surface area contributed by atoms with Crippen LogP contribution in [0.1, 0.15) is 6.92 Å². The summed E-state index contributed by atoms with van der Waals surface area (Å²) in [7, 11) is 0. The molecule has 3 rings (SSSR count). The first-order chi connectivity index (χ1) is 12.5. The number of nitrogens with one attached hydrogen (secondary N) is 2. The number of urea groups is 1. The highest BCUT2D eigenvalue weighted by molar-refractivity contribution is 7.82. The molecule has 134 valence electrons. The minimum atomic E-state index is -0.379. The van der Waals surface area contributed by atoms with Crippen LogP contribution in [0.15, 0.2) is 36.5 Å². The summed E-state index contributed by atoms with van der Waals surface area (Å²) in [6, 6.07) is 8.21. The third-order valence-corrected chi connectivity index (χ3v) is 4.55. The second kappa shape index (κ2) is 7.94. The minimum absolute atomic E-state index is 0.332. The Balaban J connectivity index is 1.92. The van der Waals surface area contributed by atoms with Gasteiger partial charge in [-0.15, -0.1) is 0 Å². The third-order valence-electron chi connectivity index (χ3n) is 3.34. The number of rotatable bonds is 4. The van der Waals surface area contributed by atoms with E-state index in [1.807, 2.05) is 6.92 Å². The van der Waals surface area contributed by atoms with E-state index in [4.69, 9.17) is 23.2 Å². The Morgan fingerprint density at radius 3 is 2.81 bits per heavy atom. The van der Waals surface area contributed by atoms with Crippen LogP contribution in [0, 0.1) is 0 Å². The molecule has 10 heteroatoms. The zero-order chi connectivity index (χ0) is 18.7.